The van der Waals surface area contributed by atoms with E-state index in [1.165, 1.54) is 11.3 Å². The van der Waals surface area contributed by atoms with Crippen molar-refractivity contribution in [2.24, 2.45) is 5.92 Å². The lowest BCUT2D eigenvalue weighted by Crippen LogP contribution is -2.43. The van der Waals surface area contributed by atoms with E-state index < -0.39 is 0 Å². The molecule has 29 heavy (non-hydrogen) atoms. The van der Waals surface area contributed by atoms with E-state index in [9.17, 15) is 14.4 Å². The summed E-state index contributed by atoms with van der Waals surface area (Å²) in [4.78, 5) is 39.0. The fraction of sp³-hybridized carbons (Fsp3) is 0.650. The molecule has 0 radical (unpaired) electrons. The topological polar surface area (TPSA) is 97.0 Å². The Kier molecular flexibility index (Phi) is 9.56. The predicted molar refractivity (Wildman–Crippen MR) is 112 cm³/mol. The van der Waals surface area contributed by atoms with E-state index in [-0.39, 0.29) is 30.2 Å². The first-order valence-corrected chi connectivity index (χ1v) is 10.8. The number of piperidine rings is 1. The molecule has 8 nitrogen and oxygen atoms in total. The third kappa shape index (κ3) is 7.41. The number of nitrogens with zero attached hydrogens (tertiary/aromatic N) is 1. The Morgan fingerprint density at radius 1 is 1.28 bits per heavy atom. The predicted octanol–water partition coefficient (Wildman–Crippen LogP) is 2.04. The molecule has 1 fully saturated rings. The van der Waals surface area contributed by atoms with Crippen LogP contribution in [0.2, 0.25) is 0 Å². The largest absolute Gasteiger partial charge is 0.462 e. The number of amides is 2. The van der Waals surface area contributed by atoms with Crippen molar-refractivity contribution < 1.29 is 23.9 Å². The number of esters is 1. The second kappa shape index (κ2) is 11.9. The highest BCUT2D eigenvalue weighted by molar-refractivity contribution is 7.18. The number of thiophene rings is 1. The molecule has 1 aromatic heterocycles. The molecule has 1 aromatic rings. The highest BCUT2D eigenvalue weighted by Crippen LogP contribution is 2.27. The van der Waals surface area contributed by atoms with Gasteiger partial charge in [0, 0.05) is 26.2 Å². The number of ether oxygens (including phenoxy) is 2. The molecular formula is C20H31N3O5S. The van der Waals surface area contributed by atoms with Gasteiger partial charge in [0.05, 0.1) is 18.2 Å². The Morgan fingerprint density at radius 2 is 2.00 bits per heavy atom. The van der Waals surface area contributed by atoms with E-state index in [2.05, 4.69) is 15.5 Å². The zero-order valence-electron chi connectivity index (χ0n) is 17.4. The van der Waals surface area contributed by atoms with E-state index in [4.69, 9.17) is 9.47 Å². The number of aryl methyl sites for hydroxylation is 1. The summed E-state index contributed by atoms with van der Waals surface area (Å²) in [5.41, 5.74) is 0.793. The molecule has 2 N–H and O–H groups in total. The normalized spacial score (nSPS) is 15.1. The Balaban J connectivity index is 1.74. The van der Waals surface area contributed by atoms with Gasteiger partial charge in [0.15, 0.2) is 0 Å². The first-order valence-electron chi connectivity index (χ1n) is 10.0. The average Bonchev–Trinajstić information content (AvgIpc) is 3.05. The third-order valence-corrected chi connectivity index (χ3v) is 5.92. The summed E-state index contributed by atoms with van der Waals surface area (Å²) in [6.45, 7) is 6.86. The van der Waals surface area contributed by atoms with Crippen molar-refractivity contribution in [2.75, 3.05) is 51.8 Å². The maximum atomic E-state index is 12.4. The number of hydrogen-bond acceptors (Lipinski definition) is 7. The van der Waals surface area contributed by atoms with E-state index in [1.807, 2.05) is 6.92 Å². The first-order chi connectivity index (χ1) is 13.9. The summed E-state index contributed by atoms with van der Waals surface area (Å²) in [5.74, 6) is -0.392. The van der Waals surface area contributed by atoms with Gasteiger partial charge in [-0.05, 0) is 57.8 Å². The highest BCUT2D eigenvalue weighted by Gasteiger charge is 2.26. The number of nitrogens with one attached hydrogen (secondary N) is 2. The van der Waals surface area contributed by atoms with Crippen molar-refractivity contribution >= 4 is 34.1 Å². The standard InChI is InChI=1S/C20H31N3O5S/c1-4-28-20(26)18-14(2)12-17(29-18)22-16(24)13-23-9-6-15(7-10-23)19(25)21-8-5-11-27-3/h12,15H,4-11,13H2,1-3H3,(H,21,25)(H,22,24). The van der Waals surface area contributed by atoms with Crippen LogP contribution >= 0.6 is 11.3 Å². The fourth-order valence-corrected chi connectivity index (χ4v) is 4.23. The molecule has 0 atom stereocenters. The molecular weight excluding hydrogens is 394 g/mol. The minimum atomic E-state index is -0.363. The lowest BCUT2D eigenvalue weighted by atomic mass is 9.96. The monoisotopic (exact) mass is 425 g/mol. The lowest BCUT2D eigenvalue weighted by Gasteiger charge is -2.30. The van der Waals surface area contributed by atoms with Crippen LogP contribution in [0, 0.1) is 12.8 Å². The molecule has 0 bridgehead atoms. The maximum absolute atomic E-state index is 12.4. The molecule has 2 amide bonds. The SMILES string of the molecule is CCOC(=O)c1sc(NC(=O)CN2CCC(C(=O)NCCCOC)CC2)cc1C. The Hall–Kier alpha value is -1.97. The number of hydrogen-bond donors (Lipinski definition) is 2. The van der Waals surface area contributed by atoms with Crippen LogP contribution in [0.15, 0.2) is 6.07 Å². The van der Waals surface area contributed by atoms with Crippen LogP contribution < -0.4 is 10.6 Å². The van der Waals surface area contributed by atoms with Crippen LogP contribution in [0.1, 0.15) is 41.4 Å². The number of anilines is 1. The fourth-order valence-electron chi connectivity index (χ4n) is 3.25. The third-order valence-electron chi connectivity index (χ3n) is 4.79. The van der Waals surface area contributed by atoms with Gasteiger partial charge in [-0.25, -0.2) is 4.79 Å². The Labute approximate surface area is 175 Å². The molecule has 1 aliphatic heterocycles. The van der Waals surface area contributed by atoms with Gasteiger partial charge in [0.2, 0.25) is 11.8 Å². The first kappa shape index (κ1) is 23.3. The summed E-state index contributed by atoms with van der Waals surface area (Å²) < 4.78 is 10.0. The zero-order valence-corrected chi connectivity index (χ0v) is 18.2. The van der Waals surface area contributed by atoms with Crippen LogP contribution in [0.3, 0.4) is 0 Å². The smallest absolute Gasteiger partial charge is 0.348 e. The van der Waals surface area contributed by atoms with E-state index in [0.717, 1.165) is 24.8 Å². The van der Waals surface area contributed by atoms with E-state index in [0.29, 0.717) is 42.7 Å². The summed E-state index contributed by atoms with van der Waals surface area (Å²) in [5, 5.41) is 6.45. The summed E-state index contributed by atoms with van der Waals surface area (Å²) in [6.07, 6.45) is 2.30. The number of methoxy groups -OCH3 is 1. The molecule has 2 rings (SSSR count). The Morgan fingerprint density at radius 3 is 2.66 bits per heavy atom. The zero-order chi connectivity index (χ0) is 21.2. The van der Waals surface area contributed by atoms with E-state index >= 15 is 0 Å². The molecule has 9 heteroatoms. The van der Waals surface area contributed by atoms with Gasteiger partial charge in [-0.2, -0.15) is 0 Å². The van der Waals surface area contributed by atoms with Gasteiger partial charge in [-0.1, -0.05) is 0 Å². The Bertz CT molecular complexity index is 698. The lowest BCUT2D eigenvalue weighted by molar-refractivity contribution is -0.126. The maximum Gasteiger partial charge on any atom is 0.348 e. The average molecular weight is 426 g/mol. The minimum Gasteiger partial charge on any atom is -0.462 e. The van der Waals surface area contributed by atoms with Crippen molar-refractivity contribution in [3.63, 3.8) is 0 Å². The number of rotatable bonds is 10. The molecule has 0 aliphatic carbocycles. The number of likely N-dealkylation sites (tertiary alicyclic amines) is 1. The molecule has 162 valence electrons. The van der Waals surface area contributed by atoms with Crippen LogP contribution in [0.5, 0.6) is 0 Å². The van der Waals surface area contributed by atoms with Crippen LogP contribution in [-0.4, -0.2) is 69.2 Å². The number of carbonyl (C=O) groups excluding carboxylic acids is 3. The van der Waals surface area contributed by atoms with E-state index in [1.54, 1.807) is 20.1 Å². The summed E-state index contributed by atoms with van der Waals surface area (Å²) in [7, 11) is 1.65. The van der Waals surface area contributed by atoms with Gasteiger partial charge in [0.25, 0.3) is 0 Å². The van der Waals surface area contributed by atoms with Crippen molar-refractivity contribution in [3.8, 4) is 0 Å². The van der Waals surface area contributed by atoms with Gasteiger partial charge in [-0.3, -0.25) is 14.5 Å². The van der Waals surface area contributed by atoms with Gasteiger partial charge in [0.1, 0.15) is 4.88 Å². The molecule has 1 aliphatic rings. The molecule has 1 saturated heterocycles. The second-order valence-corrected chi connectivity index (χ2v) is 8.13. The van der Waals surface area contributed by atoms with Crippen molar-refractivity contribution in [1.82, 2.24) is 10.2 Å². The van der Waals surface area contributed by atoms with Crippen molar-refractivity contribution in [1.29, 1.82) is 0 Å². The second-order valence-electron chi connectivity index (χ2n) is 7.08. The highest BCUT2D eigenvalue weighted by atomic mass is 32.1. The molecule has 2 heterocycles. The van der Waals surface area contributed by atoms with Gasteiger partial charge >= 0.3 is 5.97 Å². The molecule has 0 unspecified atom stereocenters. The van der Waals surface area contributed by atoms with Crippen molar-refractivity contribution in [2.45, 2.75) is 33.1 Å². The molecule has 0 spiro atoms. The van der Waals surface area contributed by atoms with Crippen LogP contribution in [0.25, 0.3) is 0 Å². The summed E-state index contributed by atoms with van der Waals surface area (Å²) >= 11 is 1.23. The van der Waals surface area contributed by atoms with Crippen LogP contribution in [-0.2, 0) is 19.1 Å². The van der Waals surface area contributed by atoms with Gasteiger partial charge in [-0.15, -0.1) is 11.3 Å². The van der Waals surface area contributed by atoms with Gasteiger partial charge < -0.3 is 20.1 Å². The van der Waals surface area contributed by atoms with Crippen LogP contribution in [0.4, 0.5) is 5.00 Å². The summed E-state index contributed by atoms with van der Waals surface area (Å²) in [6, 6.07) is 1.79. The molecule has 0 aromatic carbocycles. The number of carbonyl (C=O) groups is 3. The minimum absolute atomic E-state index is 0.00365. The molecule has 0 saturated carbocycles. The quantitative estimate of drug-likeness (QED) is 0.440. The van der Waals surface area contributed by atoms with Crippen molar-refractivity contribution in [3.05, 3.63) is 16.5 Å².